The minimum Gasteiger partial charge on any atom is -0.481 e. The standard InChI is InChI=1S/C23H32N2O5S/c1-15(2)18-5-7-19(8-6-18)31(29,30)25-11-9-24(10-12-25)22(26)20-13-16(3)17(4)14-21(20)23(27)28/h5-8,15,20-21H,9-14H2,1-4H3,(H,27,28). The zero-order chi connectivity index (χ0) is 22.9. The monoisotopic (exact) mass is 448 g/mol. The van der Waals surface area contributed by atoms with Crippen LogP contribution >= 0.6 is 0 Å². The molecule has 1 amide bonds. The Morgan fingerprint density at radius 2 is 1.45 bits per heavy atom. The van der Waals surface area contributed by atoms with Crippen LogP contribution in [0.2, 0.25) is 0 Å². The number of piperazine rings is 1. The van der Waals surface area contributed by atoms with Crippen LogP contribution in [0.25, 0.3) is 0 Å². The summed E-state index contributed by atoms with van der Waals surface area (Å²) in [4.78, 5) is 26.7. The van der Waals surface area contributed by atoms with Crippen molar-refractivity contribution < 1.29 is 23.1 Å². The lowest BCUT2D eigenvalue weighted by molar-refractivity contribution is -0.151. The highest BCUT2D eigenvalue weighted by Crippen LogP contribution is 2.35. The van der Waals surface area contributed by atoms with E-state index in [2.05, 4.69) is 13.8 Å². The maximum Gasteiger partial charge on any atom is 0.307 e. The third-order valence-corrected chi connectivity index (χ3v) is 8.55. The van der Waals surface area contributed by atoms with Gasteiger partial charge in [0.1, 0.15) is 0 Å². The van der Waals surface area contributed by atoms with Crippen LogP contribution in [-0.2, 0) is 19.6 Å². The van der Waals surface area contributed by atoms with E-state index in [9.17, 15) is 23.1 Å². The minimum absolute atomic E-state index is 0.183. The van der Waals surface area contributed by atoms with Crippen LogP contribution in [0, 0.1) is 11.8 Å². The van der Waals surface area contributed by atoms with E-state index in [0.717, 1.165) is 16.7 Å². The molecular weight excluding hydrogens is 416 g/mol. The minimum atomic E-state index is -3.62. The highest BCUT2D eigenvalue weighted by atomic mass is 32.2. The van der Waals surface area contributed by atoms with Crippen LogP contribution in [0.4, 0.5) is 0 Å². The molecule has 7 nitrogen and oxygen atoms in total. The molecule has 2 atom stereocenters. The Morgan fingerprint density at radius 1 is 0.935 bits per heavy atom. The number of carboxylic acid groups (broad SMARTS) is 1. The molecule has 1 aromatic carbocycles. The number of carbonyl (C=O) groups is 2. The Kier molecular flexibility index (Phi) is 6.91. The van der Waals surface area contributed by atoms with E-state index in [1.165, 1.54) is 4.31 Å². The second-order valence-corrected chi connectivity index (χ2v) is 10.9. The highest BCUT2D eigenvalue weighted by Gasteiger charge is 2.40. The van der Waals surface area contributed by atoms with Gasteiger partial charge in [-0.25, -0.2) is 8.42 Å². The Balaban J connectivity index is 1.68. The van der Waals surface area contributed by atoms with Crippen LogP contribution in [0.5, 0.6) is 0 Å². The lowest BCUT2D eigenvalue weighted by Crippen LogP contribution is -2.53. The fourth-order valence-corrected chi connectivity index (χ4v) is 5.79. The SMILES string of the molecule is CC1=C(C)CC(C(=O)N2CCN(S(=O)(=O)c3ccc(C(C)C)cc3)CC2)C(C(=O)O)C1. The van der Waals surface area contributed by atoms with Gasteiger partial charge in [-0.3, -0.25) is 9.59 Å². The number of nitrogens with zero attached hydrogens (tertiary/aromatic N) is 2. The predicted octanol–water partition coefficient (Wildman–Crippen LogP) is 3.09. The summed E-state index contributed by atoms with van der Waals surface area (Å²) in [6.07, 6.45) is 0.834. The molecular formula is C23H32N2O5S. The summed E-state index contributed by atoms with van der Waals surface area (Å²) < 4.78 is 27.4. The Morgan fingerprint density at radius 3 is 1.94 bits per heavy atom. The molecule has 1 saturated heterocycles. The van der Waals surface area contributed by atoms with Crippen molar-refractivity contribution in [2.75, 3.05) is 26.2 Å². The van der Waals surface area contributed by atoms with Crippen molar-refractivity contribution >= 4 is 21.9 Å². The van der Waals surface area contributed by atoms with Crippen molar-refractivity contribution in [1.82, 2.24) is 9.21 Å². The number of hydrogen-bond donors (Lipinski definition) is 1. The molecule has 8 heteroatoms. The summed E-state index contributed by atoms with van der Waals surface area (Å²) in [5.74, 6) is -2.12. The van der Waals surface area contributed by atoms with E-state index in [1.54, 1.807) is 17.0 Å². The van der Waals surface area contributed by atoms with Gasteiger partial charge in [-0.15, -0.1) is 0 Å². The lowest BCUT2D eigenvalue weighted by Gasteiger charge is -2.38. The van der Waals surface area contributed by atoms with Crippen LogP contribution in [-0.4, -0.2) is 60.8 Å². The van der Waals surface area contributed by atoms with Crippen LogP contribution in [0.15, 0.2) is 40.3 Å². The fraction of sp³-hybridized carbons (Fsp3) is 0.565. The average molecular weight is 449 g/mol. The van der Waals surface area contributed by atoms with Crippen LogP contribution in [0.3, 0.4) is 0 Å². The van der Waals surface area contributed by atoms with Gasteiger partial charge in [0, 0.05) is 26.2 Å². The molecule has 0 spiro atoms. The third kappa shape index (κ3) is 4.85. The fourth-order valence-electron chi connectivity index (χ4n) is 4.37. The number of amides is 1. The predicted molar refractivity (Wildman–Crippen MR) is 118 cm³/mol. The van der Waals surface area contributed by atoms with Gasteiger partial charge in [0.2, 0.25) is 15.9 Å². The molecule has 0 saturated carbocycles. The second-order valence-electron chi connectivity index (χ2n) is 8.97. The summed E-state index contributed by atoms with van der Waals surface area (Å²) in [6.45, 7) is 8.93. The first-order valence-electron chi connectivity index (χ1n) is 10.8. The van der Waals surface area contributed by atoms with E-state index in [0.29, 0.717) is 18.8 Å². The average Bonchev–Trinajstić information content (AvgIpc) is 2.74. The lowest BCUT2D eigenvalue weighted by atomic mass is 9.76. The van der Waals surface area contributed by atoms with Crippen molar-refractivity contribution in [2.45, 2.75) is 51.3 Å². The molecule has 1 N–H and O–H groups in total. The van der Waals surface area contributed by atoms with Gasteiger partial charge >= 0.3 is 5.97 Å². The molecule has 1 fully saturated rings. The molecule has 170 valence electrons. The number of carboxylic acids is 1. The summed E-state index contributed by atoms with van der Waals surface area (Å²) in [7, 11) is -3.62. The molecule has 1 aromatic rings. The van der Waals surface area contributed by atoms with Gasteiger partial charge < -0.3 is 10.0 Å². The van der Waals surface area contributed by atoms with E-state index in [-0.39, 0.29) is 37.0 Å². The third-order valence-electron chi connectivity index (χ3n) is 6.64. The van der Waals surface area contributed by atoms with Crippen molar-refractivity contribution in [1.29, 1.82) is 0 Å². The van der Waals surface area contributed by atoms with E-state index in [4.69, 9.17) is 0 Å². The zero-order valence-electron chi connectivity index (χ0n) is 18.7. The maximum atomic E-state index is 13.1. The largest absolute Gasteiger partial charge is 0.481 e. The number of aliphatic carboxylic acids is 1. The normalized spacial score (nSPS) is 23.3. The second kappa shape index (κ2) is 9.12. The van der Waals surface area contributed by atoms with Gasteiger partial charge in [-0.2, -0.15) is 4.31 Å². The molecule has 1 aliphatic carbocycles. The molecule has 3 rings (SSSR count). The van der Waals surface area contributed by atoms with Crippen molar-refractivity contribution in [3.63, 3.8) is 0 Å². The van der Waals surface area contributed by atoms with Crippen LogP contribution < -0.4 is 0 Å². The number of benzene rings is 1. The molecule has 1 aliphatic heterocycles. The molecule has 2 aliphatic rings. The maximum absolute atomic E-state index is 13.1. The number of hydrogen-bond acceptors (Lipinski definition) is 4. The number of carbonyl (C=O) groups excluding carboxylic acids is 1. The van der Waals surface area contributed by atoms with Gasteiger partial charge in [0.15, 0.2) is 0 Å². The number of sulfonamides is 1. The van der Waals surface area contributed by atoms with Crippen LogP contribution in [0.1, 0.15) is 52.0 Å². The van der Waals surface area contributed by atoms with E-state index < -0.39 is 27.8 Å². The summed E-state index contributed by atoms with van der Waals surface area (Å²) in [5.41, 5.74) is 3.19. The first-order chi connectivity index (χ1) is 14.5. The Hall–Kier alpha value is -2.19. The molecule has 31 heavy (non-hydrogen) atoms. The first kappa shape index (κ1) is 23.5. The molecule has 2 unspecified atom stereocenters. The summed E-state index contributed by atoms with van der Waals surface area (Å²) in [6, 6.07) is 6.95. The van der Waals surface area contributed by atoms with E-state index >= 15 is 0 Å². The summed E-state index contributed by atoms with van der Waals surface area (Å²) in [5, 5.41) is 9.61. The topological polar surface area (TPSA) is 95.0 Å². The van der Waals surface area contributed by atoms with Gasteiger partial charge in [-0.1, -0.05) is 37.1 Å². The molecule has 1 heterocycles. The number of allylic oxidation sites excluding steroid dienone is 2. The quantitative estimate of drug-likeness (QED) is 0.699. The number of rotatable bonds is 5. The Bertz CT molecular complexity index is 974. The van der Waals surface area contributed by atoms with Gasteiger partial charge in [0.05, 0.1) is 16.7 Å². The molecule has 0 radical (unpaired) electrons. The van der Waals surface area contributed by atoms with Crippen molar-refractivity contribution in [3.8, 4) is 0 Å². The summed E-state index contributed by atoms with van der Waals surface area (Å²) >= 11 is 0. The molecule has 0 aromatic heterocycles. The zero-order valence-corrected chi connectivity index (χ0v) is 19.5. The van der Waals surface area contributed by atoms with Crippen molar-refractivity contribution in [3.05, 3.63) is 41.0 Å². The van der Waals surface area contributed by atoms with Gasteiger partial charge in [-0.05, 0) is 50.3 Å². The van der Waals surface area contributed by atoms with E-state index in [1.807, 2.05) is 26.0 Å². The molecule has 0 bridgehead atoms. The van der Waals surface area contributed by atoms with Crippen molar-refractivity contribution in [2.24, 2.45) is 11.8 Å². The first-order valence-corrected chi connectivity index (χ1v) is 12.2. The smallest absolute Gasteiger partial charge is 0.307 e. The Labute approximate surface area is 184 Å². The van der Waals surface area contributed by atoms with Gasteiger partial charge in [0.25, 0.3) is 0 Å². The highest BCUT2D eigenvalue weighted by molar-refractivity contribution is 7.89.